The van der Waals surface area contributed by atoms with Crippen LogP contribution in [0.15, 0.2) is 46.0 Å². The molecule has 0 bridgehead atoms. The highest BCUT2D eigenvalue weighted by Gasteiger charge is 2.15. The number of benzene rings is 1. The number of hydrogen-bond acceptors (Lipinski definition) is 5. The highest BCUT2D eigenvalue weighted by molar-refractivity contribution is 9.10. The lowest BCUT2D eigenvalue weighted by Gasteiger charge is -2.09. The third kappa shape index (κ3) is 4.80. The van der Waals surface area contributed by atoms with Gasteiger partial charge in [0.25, 0.3) is 5.91 Å². The van der Waals surface area contributed by atoms with Gasteiger partial charge in [-0.15, -0.1) is 11.8 Å². The van der Waals surface area contributed by atoms with Gasteiger partial charge >= 0.3 is 5.97 Å². The minimum atomic E-state index is -0.565. The number of anilines is 1. The zero-order valence-corrected chi connectivity index (χ0v) is 15.0. The van der Waals surface area contributed by atoms with Crippen LogP contribution in [0.2, 0.25) is 0 Å². The van der Waals surface area contributed by atoms with Crippen molar-refractivity contribution >= 4 is 45.3 Å². The monoisotopic (exact) mass is 394 g/mol. The van der Waals surface area contributed by atoms with E-state index in [1.807, 2.05) is 25.3 Å². The summed E-state index contributed by atoms with van der Waals surface area (Å²) in [6.45, 7) is 1.57. The Hall–Kier alpha value is -1.86. The van der Waals surface area contributed by atoms with Gasteiger partial charge in [-0.25, -0.2) is 9.78 Å². The van der Waals surface area contributed by atoms with Gasteiger partial charge in [0.05, 0.1) is 5.56 Å². The van der Waals surface area contributed by atoms with Gasteiger partial charge < -0.3 is 10.1 Å². The average molecular weight is 395 g/mol. The third-order valence-electron chi connectivity index (χ3n) is 2.96. The Balaban J connectivity index is 1.93. The number of pyridine rings is 1. The molecule has 1 N–H and O–H groups in total. The molecule has 0 atom stereocenters. The molecular weight excluding hydrogens is 380 g/mol. The molecule has 23 heavy (non-hydrogen) atoms. The molecule has 0 spiro atoms. The van der Waals surface area contributed by atoms with Crippen molar-refractivity contribution in [3.05, 3.63) is 52.1 Å². The molecule has 0 fully saturated rings. The number of hydrogen-bond donors (Lipinski definition) is 1. The molecule has 1 aromatic carbocycles. The molecule has 1 aromatic heterocycles. The second-order valence-electron chi connectivity index (χ2n) is 4.65. The predicted molar refractivity (Wildman–Crippen MR) is 93.8 cm³/mol. The molecule has 0 aliphatic heterocycles. The molecule has 2 aromatic rings. The van der Waals surface area contributed by atoms with E-state index in [-0.39, 0.29) is 6.61 Å². The van der Waals surface area contributed by atoms with Crippen molar-refractivity contribution in [1.82, 2.24) is 4.98 Å². The molecule has 0 unspecified atom stereocenters. The molecule has 120 valence electrons. The number of carbonyl (C=O) groups excluding carboxylic acids is 2. The van der Waals surface area contributed by atoms with Crippen molar-refractivity contribution in [1.29, 1.82) is 0 Å². The van der Waals surface area contributed by atoms with E-state index in [4.69, 9.17) is 4.74 Å². The quantitative estimate of drug-likeness (QED) is 0.618. The van der Waals surface area contributed by atoms with Crippen LogP contribution in [-0.2, 0) is 9.53 Å². The summed E-state index contributed by atoms with van der Waals surface area (Å²) in [5.74, 6) is -0.959. The van der Waals surface area contributed by atoms with E-state index < -0.39 is 11.9 Å². The highest BCUT2D eigenvalue weighted by Crippen LogP contribution is 2.20. The number of esters is 1. The van der Waals surface area contributed by atoms with Gasteiger partial charge in [0.2, 0.25) is 0 Å². The van der Waals surface area contributed by atoms with E-state index in [2.05, 4.69) is 26.2 Å². The second kappa shape index (κ2) is 8.12. The second-order valence-corrected chi connectivity index (χ2v) is 6.30. The van der Waals surface area contributed by atoms with Crippen LogP contribution in [0.4, 0.5) is 5.69 Å². The van der Waals surface area contributed by atoms with Crippen molar-refractivity contribution in [3.63, 3.8) is 0 Å². The SMILES string of the molecule is CSc1ncccc1C(=O)OCC(=O)Nc1ccc(Br)c(C)c1. The molecule has 2 rings (SSSR count). The van der Waals surface area contributed by atoms with Crippen LogP contribution in [0.25, 0.3) is 0 Å². The average Bonchev–Trinajstić information content (AvgIpc) is 2.56. The van der Waals surface area contributed by atoms with Crippen molar-refractivity contribution in [2.75, 3.05) is 18.2 Å². The van der Waals surface area contributed by atoms with Gasteiger partial charge in [-0.1, -0.05) is 15.9 Å². The molecule has 5 nitrogen and oxygen atoms in total. The number of rotatable bonds is 5. The maximum atomic E-state index is 12.0. The molecule has 1 heterocycles. The minimum absolute atomic E-state index is 0.351. The Labute approximate surface area is 147 Å². The number of nitrogens with zero attached hydrogens (tertiary/aromatic N) is 1. The van der Waals surface area contributed by atoms with E-state index in [0.717, 1.165) is 10.0 Å². The summed E-state index contributed by atoms with van der Waals surface area (Å²) in [5.41, 5.74) is 2.00. The lowest BCUT2D eigenvalue weighted by molar-refractivity contribution is -0.119. The van der Waals surface area contributed by atoms with Gasteiger partial charge in [-0.2, -0.15) is 0 Å². The first kappa shape index (κ1) is 17.5. The van der Waals surface area contributed by atoms with Crippen molar-refractivity contribution in [3.8, 4) is 0 Å². The number of aryl methyl sites for hydroxylation is 1. The summed E-state index contributed by atoms with van der Waals surface area (Å²) < 4.78 is 6.01. The van der Waals surface area contributed by atoms with Crippen LogP contribution < -0.4 is 5.32 Å². The van der Waals surface area contributed by atoms with Gasteiger partial charge in [-0.05, 0) is 49.1 Å². The van der Waals surface area contributed by atoms with Crippen LogP contribution in [-0.4, -0.2) is 29.7 Å². The third-order valence-corrected chi connectivity index (χ3v) is 4.56. The predicted octanol–water partition coefficient (Wildman–Crippen LogP) is 3.67. The number of aromatic nitrogens is 1. The fourth-order valence-corrected chi connectivity index (χ4v) is 2.62. The van der Waals surface area contributed by atoms with Crippen molar-refractivity contribution in [2.45, 2.75) is 11.9 Å². The summed E-state index contributed by atoms with van der Waals surface area (Å²) in [4.78, 5) is 28.0. The zero-order chi connectivity index (χ0) is 16.8. The number of ether oxygens (including phenoxy) is 1. The first-order chi connectivity index (χ1) is 11.0. The zero-order valence-electron chi connectivity index (χ0n) is 12.6. The Bertz CT molecular complexity index is 737. The van der Waals surface area contributed by atoms with Crippen LogP contribution in [0, 0.1) is 6.92 Å². The maximum absolute atomic E-state index is 12.0. The van der Waals surface area contributed by atoms with Gasteiger partial charge in [0.15, 0.2) is 6.61 Å². The molecule has 0 radical (unpaired) electrons. The first-order valence-electron chi connectivity index (χ1n) is 6.73. The standard InChI is InChI=1S/C16H15BrN2O3S/c1-10-8-11(5-6-13(10)17)19-14(20)9-22-16(21)12-4-3-7-18-15(12)23-2/h3-8H,9H2,1-2H3,(H,19,20). The van der Waals surface area contributed by atoms with Crippen LogP contribution in [0.1, 0.15) is 15.9 Å². The van der Waals surface area contributed by atoms with E-state index in [0.29, 0.717) is 16.3 Å². The van der Waals surface area contributed by atoms with Crippen molar-refractivity contribution < 1.29 is 14.3 Å². The Kier molecular flexibility index (Phi) is 6.18. The lowest BCUT2D eigenvalue weighted by Crippen LogP contribution is -2.21. The van der Waals surface area contributed by atoms with E-state index in [9.17, 15) is 9.59 Å². The van der Waals surface area contributed by atoms with Crippen LogP contribution in [0.5, 0.6) is 0 Å². The summed E-state index contributed by atoms with van der Waals surface area (Å²) >= 11 is 4.74. The summed E-state index contributed by atoms with van der Waals surface area (Å²) in [5, 5.41) is 3.26. The molecule has 7 heteroatoms. The number of amides is 1. The maximum Gasteiger partial charge on any atom is 0.341 e. The van der Waals surface area contributed by atoms with Crippen LogP contribution >= 0.6 is 27.7 Å². The van der Waals surface area contributed by atoms with E-state index in [1.54, 1.807) is 24.4 Å². The fourth-order valence-electron chi connectivity index (χ4n) is 1.84. The number of halogens is 1. The minimum Gasteiger partial charge on any atom is -0.452 e. The topological polar surface area (TPSA) is 68.3 Å². The van der Waals surface area contributed by atoms with Crippen molar-refractivity contribution in [2.24, 2.45) is 0 Å². The molecule has 0 aliphatic carbocycles. The molecule has 1 amide bonds. The molecule has 0 saturated heterocycles. The molecular formula is C16H15BrN2O3S. The van der Waals surface area contributed by atoms with E-state index in [1.165, 1.54) is 11.8 Å². The summed E-state index contributed by atoms with van der Waals surface area (Å²) in [6.07, 6.45) is 3.42. The fraction of sp³-hybridized carbons (Fsp3) is 0.188. The van der Waals surface area contributed by atoms with Crippen LogP contribution in [0.3, 0.4) is 0 Å². The summed E-state index contributed by atoms with van der Waals surface area (Å²) in [7, 11) is 0. The van der Waals surface area contributed by atoms with Gasteiger partial charge in [-0.3, -0.25) is 4.79 Å². The smallest absolute Gasteiger partial charge is 0.341 e. The number of nitrogens with one attached hydrogen (secondary N) is 1. The van der Waals surface area contributed by atoms with E-state index >= 15 is 0 Å². The Morgan fingerprint density at radius 2 is 2.13 bits per heavy atom. The Morgan fingerprint density at radius 3 is 2.83 bits per heavy atom. The van der Waals surface area contributed by atoms with Gasteiger partial charge in [0.1, 0.15) is 5.03 Å². The molecule has 0 aliphatic rings. The molecule has 0 saturated carbocycles. The first-order valence-corrected chi connectivity index (χ1v) is 8.75. The Morgan fingerprint density at radius 1 is 1.35 bits per heavy atom. The highest BCUT2D eigenvalue weighted by atomic mass is 79.9. The summed E-state index contributed by atoms with van der Waals surface area (Å²) in [6, 6.07) is 8.72. The normalized spacial score (nSPS) is 10.2. The number of carbonyl (C=O) groups is 2. The largest absolute Gasteiger partial charge is 0.452 e. The number of thioether (sulfide) groups is 1. The lowest BCUT2D eigenvalue weighted by atomic mass is 10.2. The van der Waals surface area contributed by atoms with Gasteiger partial charge in [0, 0.05) is 16.4 Å².